The first-order valence-corrected chi connectivity index (χ1v) is 60.6. The van der Waals surface area contributed by atoms with Crippen LogP contribution in [0.2, 0.25) is 128 Å². The molecule has 107 heavy (non-hydrogen) atoms. The van der Waals surface area contributed by atoms with Crippen molar-refractivity contribution in [3.8, 4) is 0 Å². The van der Waals surface area contributed by atoms with E-state index in [0.717, 1.165) is 116 Å². The number of urea groups is 2. The monoisotopic (exact) mass is 1620 g/mol. The molecule has 0 spiro atoms. The van der Waals surface area contributed by atoms with Gasteiger partial charge in [-0.15, -0.1) is 0 Å². The molecule has 0 aliphatic carbocycles. The molecule has 0 saturated carbocycles. The highest BCUT2D eigenvalue weighted by atomic mass is 32.2. The van der Waals surface area contributed by atoms with Gasteiger partial charge < -0.3 is 49.6 Å². The van der Waals surface area contributed by atoms with Gasteiger partial charge in [-0.1, -0.05) is 130 Å². The van der Waals surface area contributed by atoms with Crippen LogP contribution in [0, 0.1) is 0 Å². The number of hydrogen-bond acceptors (Lipinski definition) is 15. The number of carbonyl (C=O) groups is 4. The molecule has 6 N–H and O–H groups in total. The first-order valence-electron chi connectivity index (χ1n) is 37.4. The van der Waals surface area contributed by atoms with E-state index in [1.807, 2.05) is 109 Å². The fourth-order valence-electron chi connectivity index (χ4n) is 9.58. The Balaban J connectivity index is 0.000000642. The van der Waals surface area contributed by atoms with Gasteiger partial charge in [-0.25, -0.2) is 18.0 Å². The lowest BCUT2D eigenvalue weighted by Crippen LogP contribution is -2.36. The zero-order valence-corrected chi connectivity index (χ0v) is 75.7. The smallest absolute Gasteiger partial charge is 0.315 e. The number of carbonyl (C=O) groups excluding carboxylic acids is 4. The number of nitrogens with zero attached hydrogens (tertiary/aromatic N) is 4. The first-order chi connectivity index (χ1) is 50.4. The summed E-state index contributed by atoms with van der Waals surface area (Å²) in [5, 5.41) is 17.3. The van der Waals surface area contributed by atoms with Crippen molar-refractivity contribution in [3.63, 3.8) is 0 Å². The van der Waals surface area contributed by atoms with Gasteiger partial charge in [-0.3, -0.25) is 33.7 Å². The van der Waals surface area contributed by atoms with Crippen LogP contribution >= 0.6 is 0 Å². The minimum Gasteiger partial charge on any atom is -0.420 e. The minimum atomic E-state index is -3.06. The van der Waals surface area contributed by atoms with E-state index in [4.69, 9.17) is 17.7 Å². The Bertz CT molecular complexity index is 3310. The molecule has 4 aromatic heterocycles. The van der Waals surface area contributed by atoms with Gasteiger partial charge >= 0.3 is 12.1 Å². The molecule has 1 unspecified atom stereocenters. The summed E-state index contributed by atoms with van der Waals surface area (Å²) in [6.07, 6.45) is 15.1. The molecule has 1 atom stereocenters. The highest BCUT2D eigenvalue weighted by Crippen LogP contribution is 2.18. The molecule has 0 aliphatic rings. The van der Waals surface area contributed by atoms with Crippen molar-refractivity contribution in [1.82, 2.24) is 51.8 Å². The Labute approximate surface area is 653 Å². The lowest BCUT2D eigenvalue weighted by molar-refractivity contribution is -0.121. The Morgan fingerprint density at radius 3 is 1.15 bits per heavy atom. The minimum absolute atomic E-state index is 0.0306. The molecule has 0 bridgehead atoms. The number of sulfone groups is 1. The van der Waals surface area contributed by atoms with E-state index in [1.165, 1.54) is 12.1 Å². The molecule has 0 fully saturated rings. The second-order valence-electron chi connectivity index (χ2n) is 31.0. The molecule has 6 rings (SSSR count). The normalized spacial score (nSPS) is 11.8. The van der Waals surface area contributed by atoms with Crippen molar-refractivity contribution in [2.45, 2.75) is 204 Å². The highest BCUT2D eigenvalue weighted by molar-refractivity contribution is 7.90. The maximum atomic E-state index is 11.9. The third-order valence-electron chi connectivity index (χ3n) is 16.8. The van der Waals surface area contributed by atoms with E-state index in [1.54, 1.807) is 77.6 Å². The van der Waals surface area contributed by atoms with E-state index < -0.39 is 70.1 Å². The number of benzene rings is 2. The van der Waals surface area contributed by atoms with Crippen LogP contribution in [-0.4, -0.2) is 172 Å². The summed E-state index contributed by atoms with van der Waals surface area (Å²) in [6, 6.07) is 46.6. The van der Waals surface area contributed by atoms with Crippen molar-refractivity contribution >= 4 is 93.9 Å². The molecule has 0 aliphatic heterocycles. The number of nitrogens with one attached hydrogen (secondary N) is 6. The van der Waals surface area contributed by atoms with Crippen LogP contribution in [0.3, 0.4) is 0 Å². The molecule has 0 saturated heterocycles. The topological polar surface area (TPSA) is 280 Å². The van der Waals surface area contributed by atoms with Crippen LogP contribution < -0.4 is 31.9 Å². The molecule has 21 nitrogen and oxygen atoms in total. The fraction of sp³-hybridized carbons (Fsp3) is 0.538. The number of hydrogen-bond donors (Lipinski definition) is 6. The molecule has 2 aromatic carbocycles. The van der Waals surface area contributed by atoms with Gasteiger partial charge in [0.05, 0.1) is 53.7 Å². The molecular weight excluding hydrogens is 1490 g/mol. The maximum absolute atomic E-state index is 11.9. The Hall–Kier alpha value is -6.24. The standard InChI is InChI=1S/C14H24N2OSi.C14H23NO2Si.C13H23N3OSi.C13H22N2O2Si.C12H21NO3SSi.C12H21NO2SSi/c1-18(2,3)11-7-10-15-14(17)16-12-13-8-5-4-6-9-13;1-17-18(2,3)11-7-10-15-14(16)12-13-8-5-4-6-9-13;1-18(2,3)10-6-9-15-13(17)16-11-12-7-4-5-8-14-12;1-17-18(2,3)10-4-7-15-13(16)11-12-5-8-14-9-6-12;1-16-18(2,3)10-6-9-17(14,15)11-12-7-4-5-8-13-12;1-15-17(2,3)10-6-9-16(14)11-12-7-4-5-8-13-12/h4-6,8-9H,7,10-12H2,1-3H3,(H2,15,16,17);4-6,8-9H,7,10-12H2,1-3H3,(H,15,16);4-5,7-8H,6,9-11H2,1-3H3,(H2,15,16,17);5-6,8-9H,4,7,10-11H2,1-3H3,(H,15,16);4-5,7-8H,6,9-11H2,1-3H3;4-5,7-8H,6,9-11H2,1-3H3. The summed E-state index contributed by atoms with van der Waals surface area (Å²) in [5.74, 6) is 1.72. The zero-order valence-electron chi connectivity index (χ0n) is 68.1. The second kappa shape index (κ2) is 55.2. The Morgan fingerprint density at radius 2 is 0.738 bits per heavy atom. The van der Waals surface area contributed by atoms with Crippen LogP contribution in [0.5, 0.6) is 0 Å². The van der Waals surface area contributed by atoms with E-state index >= 15 is 0 Å². The lowest BCUT2D eigenvalue weighted by Gasteiger charge is -2.19. The average molecular weight is 1620 g/mol. The summed E-state index contributed by atoms with van der Waals surface area (Å²) >= 11 is 0. The maximum Gasteiger partial charge on any atom is 0.315 e. The van der Waals surface area contributed by atoms with Gasteiger partial charge in [0.1, 0.15) is 0 Å². The third kappa shape index (κ3) is 58.4. The van der Waals surface area contributed by atoms with E-state index in [9.17, 15) is 31.8 Å². The zero-order chi connectivity index (χ0) is 80.1. The predicted molar refractivity (Wildman–Crippen MR) is 459 cm³/mol. The number of amides is 6. The number of aromatic nitrogens is 4. The van der Waals surface area contributed by atoms with Gasteiger partial charge in [0.15, 0.2) is 43.1 Å². The van der Waals surface area contributed by atoms with Crippen LogP contribution in [0.25, 0.3) is 0 Å². The van der Waals surface area contributed by atoms with Crippen molar-refractivity contribution in [2.24, 2.45) is 0 Å². The van der Waals surface area contributed by atoms with Gasteiger partial charge in [-0.2, -0.15) is 0 Å². The van der Waals surface area contributed by atoms with Crippen LogP contribution in [0.4, 0.5) is 9.59 Å². The molecule has 6 amide bonds. The summed E-state index contributed by atoms with van der Waals surface area (Å²) < 4.78 is 57.4. The van der Waals surface area contributed by atoms with Crippen molar-refractivity contribution in [1.29, 1.82) is 0 Å². The largest absolute Gasteiger partial charge is 0.420 e. The molecule has 598 valence electrons. The first kappa shape index (κ1) is 98.8. The SMILES string of the molecule is CO[Si](C)(C)CCCNC(=O)Cc1ccccc1.CO[Si](C)(C)CCCNC(=O)Cc1ccncc1.CO[Si](C)(C)CCCS(=O)(=O)Cc1ccccn1.CO[Si](C)(C)CCCS(=O)Cc1ccccn1.C[Si](C)(C)CCCNC(=O)NCc1ccccc1.C[Si](C)(C)CCCNC(=O)NCc1ccccn1. The van der Waals surface area contributed by atoms with Crippen LogP contribution in [0.1, 0.15) is 72.3 Å². The molecule has 0 radical (unpaired) electrons. The highest BCUT2D eigenvalue weighted by Gasteiger charge is 2.24. The van der Waals surface area contributed by atoms with Crippen molar-refractivity contribution < 1.29 is 49.5 Å². The summed E-state index contributed by atoms with van der Waals surface area (Å²) in [6.45, 7) is 35.4. The van der Waals surface area contributed by atoms with Gasteiger partial charge in [-0.05, 0) is 180 Å². The van der Waals surface area contributed by atoms with Crippen LogP contribution in [0.15, 0.2) is 158 Å². The van der Waals surface area contributed by atoms with E-state index in [2.05, 4.69) is 143 Å². The van der Waals surface area contributed by atoms with E-state index in [-0.39, 0.29) is 35.4 Å². The Kier molecular flexibility index (Phi) is 51.0. The number of rotatable bonds is 40. The van der Waals surface area contributed by atoms with Crippen molar-refractivity contribution in [2.75, 3.05) is 66.1 Å². The third-order valence-corrected chi connectivity index (χ3v) is 34.2. The lowest BCUT2D eigenvalue weighted by atomic mass is 10.1. The average Bonchev–Trinajstić information content (AvgIpc) is 0.882. The van der Waals surface area contributed by atoms with Crippen LogP contribution in [-0.2, 0) is 85.4 Å². The predicted octanol–water partition coefficient (Wildman–Crippen LogP) is 15.2. The van der Waals surface area contributed by atoms with E-state index in [0.29, 0.717) is 43.8 Å². The number of pyridine rings is 4. The molecular formula is C78H134N10O11S2Si6. The van der Waals surface area contributed by atoms with Gasteiger partial charge in [0.25, 0.3) is 0 Å². The summed E-state index contributed by atoms with van der Waals surface area (Å²) in [5.41, 5.74) is 5.56. The Morgan fingerprint density at radius 1 is 0.383 bits per heavy atom. The van der Waals surface area contributed by atoms with Crippen molar-refractivity contribution in [3.05, 3.63) is 192 Å². The second-order valence-corrected chi connectivity index (χ2v) is 63.8. The van der Waals surface area contributed by atoms with Gasteiger partial charge in [0, 0.05) is 125 Å². The van der Waals surface area contributed by atoms with Gasteiger partial charge in [0.2, 0.25) is 11.8 Å². The molecule has 29 heteroatoms. The summed E-state index contributed by atoms with van der Waals surface area (Å²) in [7, 11) is -4.88. The quantitative estimate of drug-likeness (QED) is 0.0154. The summed E-state index contributed by atoms with van der Waals surface area (Å²) in [4.78, 5) is 62.7. The molecule has 4 heterocycles. The molecule has 6 aromatic rings. The fourth-order valence-corrected chi connectivity index (χ4v) is 20.0.